The molecule has 1 unspecified atom stereocenters. The molecule has 2 aromatic rings. The Hall–Kier alpha value is -2.39. The predicted molar refractivity (Wildman–Crippen MR) is 114 cm³/mol. The molecule has 5 rings (SSSR count). The Morgan fingerprint density at radius 2 is 1.81 bits per heavy atom. The van der Waals surface area contributed by atoms with Crippen molar-refractivity contribution in [3.8, 4) is 0 Å². The van der Waals surface area contributed by atoms with E-state index in [9.17, 15) is 18.3 Å². The number of carbonyl (C=O) groups is 1. The van der Waals surface area contributed by atoms with Crippen LogP contribution in [0.2, 0.25) is 0 Å². The van der Waals surface area contributed by atoms with Crippen LogP contribution in [-0.4, -0.2) is 57.7 Å². The van der Waals surface area contributed by atoms with E-state index >= 15 is 0 Å². The summed E-state index contributed by atoms with van der Waals surface area (Å²) in [5, 5.41) is 14.5. The highest BCUT2D eigenvalue weighted by molar-refractivity contribution is 7.89. The smallest absolute Gasteiger partial charge is 0.407 e. The maximum Gasteiger partial charge on any atom is 0.407 e. The van der Waals surface area contributed by atoms with Crippen LogP contribution in [0.5, 0.6) is 0 Å². The Labute approximate surface area is 182 Å². The molecule has 31 heavy (non-hydrogen) atoms. The number of aryl methyl sites for hydroxylation is 1. The van der Waals surface area contributed by atoms with Crippen LogP contribution < -0.4 is 0 Å². The van der Waals surface area contributed by atoms with Crippen molar-refractivity contribution in [2.75, 3.05) is 13.1 Å². The standard InChI is InChI=1S/C22H28N4O4S/c1-24-21(11-20(23-24)16-7-8-16)31(29,30)25-13-17-9-19(10-18(17)14-25)26(22(27)28)12-15-5-3-2-4-6-15/h2-6,11,16-19H,7-10,12-14H2,1H3,(H,27,28)/t17-,18+,19?. The molecule has 2 aliphatic carbocycles. The molecule has 1 aromatic heterocycles. The Balaban J connectivity index is 1.27. The fraction of sp³-hybridized carbons (Fsp3) is 0.545. The number of carboxylic acid groups (broad SMARTS) is 1. The zero-order valence-corrected chi connectivity index (χ0v) is 18.4. The molecule has 1 saturated heterocycles. The molecule has 1 amide bonds. The lowest BCUT2D eigenvalue weighted by Crippen LogP contribution is -2.39. The molecule has 0 spiro atoms. The Kier molecular flexibility index (Phi) is 5.05. The third-order valence-corrected chi connectivity index (χ3v) is 8.92. The van der Waals surface area contributed by atoms with Crippen LogP contribution in [0.1, 0.15) is 42.9 Å². The zero-order chi connectivity index (χ0) is 21.8. The molecule has 1 aromatic carbocycles. The summed E-state index contributed by atoms with van der Waals surface area (Å²) in [4.78, 5) is 13.5. The molecular weight excluding hydrogens is 416 g/mol. The number of benzene rings is 1. The zero-order valence-electron chi connectivity index (χ0n) is 17.6. The molecule has 3 aliphatic rings. The number of aromatic nitrogens is 2. The first-order chi connectivity index (χ1) is 14.8. The molecule has 2 saturated carbocycles. The van der Waals surface area contributed by atoms with Gasteiger partial charge in [-0.05, 0) is 43.1 Å². The fourth-order valence-electron chi connectivity index (χ4n) is 5.23. The molecular formula is C22H28N4O4S. The van der Waals surface area contributed by atoms with E-state index in [4.69, 9.17) is 0 Å². The topological polar surface area (TPSA) is 95.7 Å². The molecule has 166 valence electrons. The lowest BCUT2D eigenvalue weighted by molar-refractivity contribution is 0.118. The fourth-order valence-corrected chi connectivity index (χ4v) is 6.92. The SMILES string of the molecule is Cn1nc(C2CC2)cc1S(=O)(=O)N1C[C@H]2CC(N(Cc3ccccc3)C(=O)O)C[C@H]2C1. The number of sulfonamides is 1. The summed E-state index contributed by atoms with van der Waals surface area (Å²) < 4.78 is 29.6. The molecule has 3 atom stereocenters. The predicted octanol–water partition coefficient (Wildman–Crippen LogP) is 2.88. The summed E-state index contributed by atoms with van der Waals surface area (Å²) in [5.41, 5.74) is 1.84. The molecule has 8 nitrogen and oxygen atoms in total. The highest BCUT2D eigenvalue weighted by Crippen LogP contribution is 2.43. The van der Waals surface area contributed by atoms with Gasteiger partial charge in [-0.3, -0.25) is 4.68 Å². The maximum absolute atomic E-state index is 13.3. The normalized spacial score (nSPS) is 26.2. The van der Waals surface area contributed by atoms with Gasteiger partial charge in [0.1, 0.15) is 0 Å². The average Bonchev–Trinajstić information content (AvgIpc) is 3.20. The Morgan fingerprint density at radius 1 is 1.16 bits per heavy atom. The van der Waals surface area contributed by atoms with E-state index in [0.717, 1.165) is 24.1 Å². The van der Waals surface area contributed by atoms with Crippen molar-refractivity contribution in [1.29, 1.82) is 0 Å². The van der Waals surface area contributed by atoms with Crippen molar-refractivity contribution in [2.45, 2.75) is 49.2 Å². The van der Waals surface area contributed by atoms with Crippen LogP contribution in [0, 0.1) is 11.8 Å². The maximum atomic E-state index is 13.3. The van der Waals surface area contributed by atoms with E-state index in [1.54, 1.807) is 17.4 Å². The first kappa shape index (κ1) is 20.5. The van der Waals surface area contributed by atoms with Crippen molar-refractivity contribution in [1.82, 2.24) is 19.0 Å². The summed E-state index contributed by atoms with van der Waals surface area (Å²) in [7, 11) is -1.90. The Morgan fingerprint density at radius 3 is 2.39 bits per heavy atom. The van der Waals surface area contributed by atoms with Gasteiger partial charge in [0.2, 0.25) is 0 Å². The van der Waals surface area contributed by atoms with E-state index in [1.165, 1.54) is 9.58 Å². The van der Waals surface area contributed by atoms with Crippen LogP contribution >= 0.6 is 0 Å². The van der Waals surface area contributed by atoms with E-state index < -0.39 is 16.1 Å². The second kappa shape index (κ2) is 7.63. The van der Waals surface area contributed by atoms with E-state index in [-0.39, 0.29) is 22.9 Å². The molecule has 1 N–H and O–H groups in total. The van der Waals surface area contributed by atoms with Crippen LogP contribution in [0.15, 0.2) is 41.4 Å². The lowest BCUT2D eigenvalue weighted by Gasteiger charge is -2.28. The Bertz CT molecular complexity index is 1070. The molecule has 0 radical (unpaired) electrons. The largest absolute Gasteiger partial charge is 0.465 e. The van der Waals surface area contributed by atoms with Gasteiger partial charge in [0.15, 0.2) is 5.03 Å². The minimum Gasteiger partial charge on any atom is -0.465 e. The number of hydrogen-bond donors (Lipinski definition) is 1. The van der Waals surface area contributed by atoms with E-state index in [0.29, 0.717) is 38.4 Å². The number of nitrogens with zero attached hydrogens (tertiary/aromatic N) is 4. The first-order valence-electron chi connectivity index (χ1n) is 10.9. The van der Waals surface area contributed by atoms with Gasteiger partial charge in [-0.1, -0.05) is 30.3 Å². The van der Waals surface area contributed by atoms with Gasteiger partial charge in [0.05, 0.1) is 5.69 Å². The van der Waals surface area contributed by atoms with Gasteiger partial charge >= 0.3 is 6.09 Å². The summed E-state index contributed by atoms with van der Waals surface area (Å²) in [6, 6.07) is 11.3. The van der Waals surface area contributed by atoms with Gasteiger partial charge in [0.25, 0.3) is 10.0 Å². The van der Waals surface area contributed by atoms with Crippen molar-refractivity contribution >= 4 is 16.1 Å². The van der Waals surface area contributed by atoms with Crippen molar-refractivity contribution < 1.29 is 18.3 Å². The number of amides is 1. The second-order valence-corrected chi connectivity index (χ2v) is 11.1. The number of rotatable bonds is 6. The van der Waals surface area contributed by atoms with Gasteiger partial charge in [0, 0.05) is 44.7 Å². The summed E-state index contributed by atoms with van der Waals surface area (Å²) in [5.74, 6) is 0.780. The summed E-state index contributed by atoms with van der Waals surface area (Å²) in [6.07, 6.45) is 2.65. The third kappa shape index (κ3) is 3.85. The lowest BCUT2D eigenvalue weighted by atomic mass is 10.0. The average molecular weight is 445 g/mol. The highest BCUT2D eigenvalue weighted by atomic mass is 32.2. The number of hydrogen-bond acceptors (Lipinski definition) is 4. The van der Waals surface area contributed by atoms with Gasteiger partial charge in [-0.2, -0.15) is 9.40 Å². The summed E-state index contributed by atoms with van der Waals surface area (Å²) >= 11 is 0. The van der Waals surface area contributed by atoms with Crippen LogP contribution in [0.4, 0.5) is 4.79 Å². The van der Waals surface area contributed by atoms with Crippen molar-refractivity contribution in [3.05, 3.63) is 47.7 Å². The van der Waals surface area contributed by atoms with Gasteiger partial charge in [-0.15, -0.1) is 0 Å². The van der Waals surface area contributed by atoms with Crippen LogP contribution in [-0.2, 0) is 23.6 Å². The highest BCUT2D eigenvalue weighted by Gasteiger charge is 2.47. The monoisotopic (exact) mass is 444 g/mol. The minimum atomic E-state index is -3.60. The number of fused-ring (bicyclic) bond motifs is 1. The minimum absolute atomic E-state index is 0.0734. The van der Waals surface area contributed by atoms with Gasteiger partial charge < -0.3 is 10.0 Å². The summed E-state index contributed by atoms with van der Waals surface area (Å²) in [6.45, 7) is 1.26. The van der Waals surface area contributed by atoms with E-state index in [1.807, 2.05) is 30.3 Å². The van der Waals surface area contributed by atoms with Gasteiger partial charge in [-0.25, -0.2) is 13.2 Å². The first-order valence-corrected chi connectivity index (χ1v) is 12.3. The molecule has 2 heterocycles. The van der Waals surface area contributed by atoms with Crippen molar-refractivity contribution in [2.24, 2.45) is 18.9 Å². The van der Waals surface area contributed by atoms with Crippen LogP contribution in [0.25, 0.3) is 0 Å². The van der Waals surface area contributed by atoms with Crippen molar-refractivity contribution in [3.63, 3.8) is 0 Å². The van der Waals surface area contributed by atoms with E-state index in [2.05, 4.69) is 5.10 Å². The molecule has 0 bridgehead atoms. The third-order valence-electron chi connectivity index (χ3n) is 7.03. The molecule has 1 aliphatic heterocycles. The van der Waals surface area contributed by atoms with Crippen LogP contribution in [0.3, 0.4) is 0 Å². The molecule has 9 heteroatoms. The molecule has 3 fully saturated rings. The quantitative estimate of drug-likeness (QED) is 0.739. The second-order valence-electron chi connectivity index (χ2n) is 9.17.